The molecule has 1 N–H and O–H groups in total. The Kier molecular flexibility index (Phi) is 4.61. The van der Waals surface area contributed by atoms with Gasteiger partial charge in [-0.1, -0.05) is 29.8 Å². The third-order valence-electron chi connectivity index (χ3n) is 3.21. The molecule has 1 nitrogen and oxygen atoms in total. The molecule has 0 saturated carbocycles. The second-order valence-corrected chi connectivity index (χ2v) is 5.83. The highest BCUT2D eigenvalue weighted by molar-refractivity contribution is 9.10. The molecule has 0 heterocycles. The van der Waals surface area contributed by atoms with Gasteiger partial charge in [-0.25, -0.2) is 0 Å². The molecule has 0 aliphatic heterocycles. The zero-order chi connectivity index (χ0) is 15.6. The van der Waals surface area contributed by atoms with Gasteiger partial charge in [0.1, 0.15) is 0 Å². The van der Waals surface area contributed by atoms with E-state index < -0.39 is 11.7 Å². The fourth-order valence-electron chi connectivity index (χ4n) is 2.07. The summed E-state index contributed by atoms with van der Waals surface area (Å²) in [7, 11) is 0. The summed E-state index contributed by atoms with van der Waals surface area (Å²) in [5.41, 5.74) is 1.91. The topological polar surface area (TPSA) is 12.0 Å². The summed E-state index contributed by atoms with van der Waals surface area (Å²) < 4.78 is 38.9. The van der Waals surface area contributed by atoms with Crippen LogP contribution >= 0.6 is 15.9 Å². The fourth-order valence-corrected chi connectivity index (χ4v) is 2.43. The first-order valence-corrected chi connectivity index (χ1v) is 7.26. The van der Waals surface area contributed by atoms with Crippen molar-refractivity contribution >= 4 is 21.6 Å². The van der Waals surface area contributed by atoms with Gasteiger partial charge in [0.05, 0.1) is 5.56 Å². The molecule has 0 bridgehead atoms. The van der Waals surface area contributed by atoms with E-state index in [0.717, 1.165) is 23.3 Å². The van der Waals surface area contributed by atoms with Crippen molar-refractivity contribution < 1.29 is 13.2 Å². The number of aryl methyl sites for hydroxylation is 1. The molecule has 1 atom stereocenters. The molecule has 2 aromatic rings. The Morgan fingerprint density at radius 3 is 2.43 bits per heavy atom. The Balaban J connectivity index is 2.26. The lowest BCUT2D eigenvalue weighted by molar-refractivity contribution is -0.137. The molecule has 0 radical (unpaired) electrons. The molecule has 112 valence electrons. The van der Waals surface area contributed by atoms with E-state index in [2.05, 4.69) is 21.2 Å². The highest BCUT2D eigenvalue weighted by atomic mass is 79.9. The van der Waals surface area contributed by atoms with Crippen LogP contribution in [0.15, 0.2) is 46.9 Å². The molecule has 0 fully saturated rings. The van der Waals surface area contributed by atoms with E-state index in [-0.39, 0.29) is 6.04 Å². The molecule has 1 unspecified atom stereocenters. The first-order chi connectivity index (χ1) is 9.77. The van der Waals surface area contributed by atoms with Crippen LogP contribution in [0.1, 0.15) is 29.7 Å². The average molecular weight is 358 g/mol. The van der Waals surface area contributed by atoms with E-state index in [1.807, 2.05) is 38.1 Å². The first-order valence-electron chi connectivity index (χ1n) is 6.47. The minimum Gasteiger partial charge on any atom is -0.378 e. The molecule has 0 aliphatic rings. The number of alkyl halides is 3. The minimum absolute atomic E-state index is 0.0929. The van der Waals surface area contributed by atoms with Crippen LogP contribution in [0.25, 0.3) is 0 Å². The highest BCUT2D eigenvalue weighted by Crippen LogP contribution is 2.35. The SMILES string of the molecule is Cc1cccc(C(C)Nc2cc(C(F)(F)F)ccc2Br)c1. The maximum absolute atomic E-state index is 12.8. The maximum atomic E-state index is 12.8. The summed E-state index contributed by atoms with van der Waals surface area (Å²) in [6.07, 6.45) is -4.34. The minimum atomic E-state index is -4.34. The number of halogens is 4. The van der Waals surface area contributed by atoms with Crippen LogP contribution in [0.4, 0.5) is 18.9 Å². The average Bonchev–Trinajstić information content (AvgIpc) is 2.40. The second kappa shape index (κ2) is 6.10. The lowest BCUT2D eigenvalue weighted by Crippen LogP contribution is -2.10. The molecule has 0 saturated heterocycles. The molecule has 0 aromatic heterocycles. The van der Waals surface area contributed by atoms with Crippen molar-refractivity contribution in [3.05, 3.63) is 63.6 Å². The third-order valence-corrected chi connectivity index (χ3v) is 3.90. The Hall–Kier alpha value is -1.49. The van der Waals surface area contributed by atoms with Gasteiger partial charge >= 0.3 is 6.18 Å². The van der Waals surface area contributed by atoms with Gasteiger partial charge in [0.2, 0.25) is 0 Å². The monoisotopic (exact) mass is 357 g/mol. The van der Waals surface area contributed by atoms with Crippen LogP contribution in [0, 0.1) is 6.92 Å². The molecule has 5 heteroatoms. The molecular weight excluding hydrogens is 343 g/mol. The van der Waals surface area contributed by atoms with Gasteiger partial charge in [-0.2, -0.15) is 13.2 Å². The predicted octanol–water partition coefficient (Wildman–Crippen LogP) is 5.95. The lowest BCUT2D eigenvalue weighted by Gasteiger charge is -2.18. The number of benzene rings is 2. The van der Waals surface area contributed by atoms with Crippen molar-refractivity contribution in [3.8, 4) is 0 Å². The summed E-state index contributed by atoms with van der Waals surface area (Å²) in [5.74, 6) is 0. The summed E-state index contributed by atoms with van der Waals surface area (Å²) >= 11 is 3.28. The fraction of sp³-hybridized carbons (Fsp3) is 0.250. The summed E-state index contributed by atoms with van der Waals surface area (Å²) in [5, 5.41) is 3.12. The Labute approximate surface area is 130 Å². The van der Waals surface area contributed by atoms with E-state index in [9.17, 15) is 13.2 Å². The van der Waals surface area contributed by atoms with Gasteiger partial charge in [-0.15, -0.1) is 0 Å². The van der Waals surface area contributed by atoms with Crippen molar-refractivity contribution in [2.24, 2.45) is 0 Å². The zero-order valence-corrected chi connectivity index (χ0v) is 13.2. The molecule has 0 amide bonds. The van der Waals surface area contributed by atoms with Crippen LogP contribution in [0.2, 0.25) is 0 Å². The largest absolute Gasteiger partial charge is 0.416 e. The third kappa shape index (κ3) is 4.00. The zero-order valence-electron chi connectivity index (χ0n) is 11.6. The van der Waals surface area contributed by atoms with Crippen molar-refractivity contribution in [3.63, 3.8) is 0 Å². The van der Waals surface area contributed by atoms with Crippen molar-refractivity contribution in [2.75, 3.05) is 5.32 Å². The smallest absolute Gasteiger partial charge is 0.378 e. The number of nitrogens with one attached hydrogen (secondary N) is 1. The maximum Gasteiger partial charge on any atom is 0.416 e. The van der Waals surface area contributed by atoms with E-state index in [1.54, 1.807) is 0 Å². The van der Waals surface area contributed by atoms with Crippen LogP contribution < -0.4 is 5.32 Å². The van der Waals surface area contributed by atoms with Gasteiger partial charge in [-0.3, -0.25) is 0 Å². The molecular formula is C16H15BrF3N. The molecule has 21 heavy (non-hydrogen) atoms. The lowest BCUT2D eigenvalue weighted by atomic mass is 10.1. The van der Waals surface area contributed by atoms with Gasteiger partial charge < -0.3 is 5.32 Å². The van der Waals surface area contributed by atoms with Crippen LogP contribution in [0.5, 0.6) is 0 Å². The quantitative estimate of drug-likeness (QED) is 0.715. The molecule has 2 rings (SSSR count). The van der Waals surface area contributed by atoms with Crippen LogP contribution in [-0.2, 0) is 6.18 Å². The normalized spacial score (nSPS) is 13.0. The van der Waals surface area contributed by atoms with E-state index in [0.29, 0.717) is 10.2 Å². The standard InChI is InChI=1S/C16H15BrF3N/c1-10-4-3-5-12(8-10)11(2)21-15-9-13(16(18,19)20)6-7-14(15)17/h3-9,11,21H,1-2H3. The van der Waals surface area contributed by atoms with E-state index in [4.69, 9.17) is 0 Å². The van der Waals surface area contributed by atoms with Gasteiger partial charge in [-0.05, 0) is 53.5 Å². The number of rotatable bonds is 3. The van der Waals surface area contributed by atoms with Gasteiger partial charge in [0.15, 0.2) is 0 Å². The molecule has 2 aromatic carbocycles. The number of anilines is 1. The summed E-state index contributed by atoms with van der Waals surface area (Å²) in [6, 6.07) is 11.4. The van der Waals surface area contributed by atoms with Crippen molar-refractivity contribution in [1.82, 2.24) is 0 Å². The highest BCUT2D eigenvalue weighted by Gasteiger charge is 2.31. The Morgan fingerprint density at radius 2 is 1.81 bits per heavy atom. The summed E-state index contributed by atoms with van der Waals surface area (Å²) in [4.78, 5) is 0. The second-order valence-electron chi connectivity index (χ2n) is 4.97. The van der Waals surface area contributed by atoms with Gasteiger partial charge in [0.25, 0.3) is 0 Å². The predicted molar refractivity (Wildman–Crippen MR) is 82.4 cm³/mol. The Bertz CT molecular complexity index is 638. The molecule has 0 spiro atoms. The van der Waals surface area contributed by atoms with Crippen molar-refractivity contribution in [2.45, 2.75) is 26.1 Å². The summed E-state index contributed by atoms with van der Waals surface area (Å²) in [6.45, 7) is 3.90. The van der Waals surface area contributed by atoms with Gasteiger partial charge in [0, 0.05) is 16.2 Å². The van der Waals surface area contributed by atoms with E-state index in [1.165, 1.54) is 6.07 Å². The first kappa shape index (κ1) is 15.9. The number of hydrogen-bond acceptors (Lipinski definition) is 1. The van der Waals surface area contributed by atoms with Crippen LogP contribution in [0.3, 0.4) is 0 Å². The Morgan fingerprint density at radius 1 is 1.10 bits per heavy atom. The van der Waals surface area contributed by atoms with Crippen LogP contribution in [-0.4, -0.2) is 0 Å². The van der Waals surface area contributed by atoms with Crippen molar-refractivity contribution in [1.29, 1.82) is 0 Å². The van der Waals surface area contributed by atoms with E-state index >= 15 is 0 Å². The molecule has 0 aliphatic carbocycles. The number of hydrogen-bond donors (Lipinski definition) is 1.